The molecule has 3 N–H and O–H groups in total. The zero-order chi connectivity index (χ0) is 13.5. The molecule has 2 unspecified atom stereocenters. The molecule has 0 saturated heterocycles. The van der Waals surface area contributed by atoms with Crippen molar-refractivity contribution >= 4 is 0 Å². The Morgan fingerprint density at radius 2 is 1.78 bits per heavy atom. The van der Waals surface area contributed by atoms with Crippen LogP contribution >= 0.6 is 0 Å². The van der Waals surface area contributed by atoms with Crippen LogP contribution in [-0.4, -0.2) is 42.3 Å². The SMILES string of the molecule is CC(C)CN(C)CC(O)C(N)Cc1ccccc1. The lowest BCUT2D eigenvalue weighted by molar-refractivity contribution is 0.0973. The number of hydrogen-bond donors (Lipinski definition) is 2. The number of nitrogens with zero attached hydrogens (tertiary/aromatic N) is 1. The van der Waals surface area contributed by atoms with Gasteiger partial charge in [-0.3, -0.25) is 0 Å². The molecular formula is C15H26N2O. The minimum atomic E-state index is -0.478. The minimum Gasteiger partial charge on any atom is -0.390 e. The lowest BCUT2D eigenvalue weighted by Crippen LogP contribution is -2.44. The van der Waals surface area contributed by atoms with Gasteiger partial charge in [-0.05, 0) is 24.9 Å². The van der Waals surface area contributed by atoms with E-state index in [-0.39, 0.29) is 6.04 Å². The van der Waals surface area contributed by atoms with Crippen molar-refractivity contribution in [3.05, 3.63) is 35.9 Å². The summed E-state index contributed by atoms with van der Waals surface area (Å²) in [7, 11) is 2.03. The van der Waals surface area contributed by atoms with Crippen LogP contribution in [0.5, 0.6) is 0 Å². The van der Waals surface area contributed by atoms with Gasteiger partial charge in [-0.25, -0.2) is 0 Å². The lowest BCUT2D eigenvalue weighted by atomic mass is 10.0. The molecule has 3 heteroatoms. The molecule has 0 fully saturated rings. The Kier molecular flexibility index (Phi) is 6.33. The highest BCUT2D eigenvalue weighted by Gasteiger charge is 2.17. The molecule has 0 aliphatic rings. The van der Waals surface area contributed by atoms with Crippen LogP contribution in [0.25, 0.3) is 0 Å². The van der Waals surface area contributed by atoms with Gasteiger partial charge in [0.15, 0.2) is 0 Å². The predicted octanol–water partition coefficient (Wildman–Crippen LogP) is 1.51. The van der Waals surface area contributed by atoms with E-state index in [1.807, 2.05) is 37.4 Å². The fourth-order valence-corrected chi connectivity index (χ4v) is 2.17. The molecule has 1 aromatic rings. The normalized spacial score (nSPS) is 15.1. The molecule has 0 spiro atoms. The van der Waals surface area contributed by atoms with Crippen molar-refractivity contribution in [2.75, 3.05) is 20.1 Å². The third-order valence-electron chi connectivity index (χ3n) is 2.98. The third kappa shape index (κ3) is 5.63. The van der Waals surface area contributed by atoms with Gasteiger partial charge in [0.2, 0.25) is 0 Å². The van der Waals surface area contributed by atoms with Crippen LogP contribution in [0.15, 0.2) is 30.3 Å². The zero-order valence-corrected chi connectivity index (χ0v) is 11.7. The van der Waals surface area contributed by atoms with E-state index in [0.29, 0.717) is 12.5 Å². The molecule has 0 amide bonds. The number of aliphatic hydroxyl groups is 1. The van der Waals surface area contributed by atoms with Crippen molar-refractivity contribution in [1.82, 2.24) is 4.90 Å². The Hall–Kier alpha value is -0.900. The summed E-state index contributed by atoms with van der Waals surface area (Å²) in [4.78, 5) is 2.14. The first-order valence-corrected chi connectivity index (χ1v) is 6.65. The van der Waals surface area contributed by atoms with Crippen LogP contribution in [-0.2, 0) is 6.42 Å². The fourth-order valence-electron chi connectivity index (χ4n) is 2.17. The van der Waals surface area contributed by atoms with E-state index >= 15 is 0 Å². The fraction of sp³-hybridized carbons (Fsp3) is 0.600. The second kappa shape index (κ2) is 7.52. The molecule has 1 aromatic carbocycles. The van der Waals surface area contributed by atoms with E-state index < -0.39 is 6.10 Å². The number of benzene rings is 1. The summed E-state index contributed by atoms with van der Waals surface area (Å²) in [5.74, 6) is 0.604. The second-order valence-electron chi connectivity index (χ2n) is 5.54. The van der Waals surface area contributed by atoms with E-state index in [4.69, 9.17) is 5.73 Å². The largest absolute Gasteiger partial charge is 0.390 e. The number of aliphatic hydroxyl groups excluding tert-OH is 1. The van der Waals surface area contributed by atoms with E-state index in [1.165, 1.54) is 5.56 Å². The van der Waals surface area contributed by atoms with Crippen molar-refractivity contribution in [3.63, 3.8) is 0 Å². The van der Waals surface area contributed by atoms with Crippen molar-refractivity contribution in [3.8, 4) is 0 Å². The molecule has 0 heterocycles. The minimum absolute atomic E-state index is 0.206. The third-order valence-corrected chi connectivity index (χ3v) is 2.98. The first-order chi connectivity index (χ1) is 8.49. The summed E-state index contributed by atoms with van der Waals surface area (Å²) < 4.78 is 0. The average molecular weight is 250 g/mol. The maximum atomic E-state index is 10.1. The van der Waals surface area contributed by atoms with Crippen LogP contribution in [0.4, 0.5) is 0 Å². The number of nitrogens with two attached hydrogens (primary N) is 1. The second-order valence-corrected chi connectivity index (χ2v) is 5.54. The van der Waals surface area contributed by atoms with Gasteiger partial charge in [0, 0.05) is 19.1 Å². The van der Waals surface area contributed by atoms with Gasteiger partial charge in [0.05, 0.1) is 6.10 Å². The maximum absolute atomic E-state index is 10.1. The van der Waals surface area contributed by atoms with Gasteiger partial charge in [-0.1, -0.05) is 44.2 Å². The van der Waals surface area contributed by atoms with Gasteiger partial charge >= 0.3 is 0 Å². The molecule has 0 aromatic heterocycles. The summed E-state index contributed by atoms with van der Waals surface area (Å²) in [5, 5.41) is 10.1. The standard InChI is InChI=1S/C15H26N2O/c1-12(2)10-17(3)11-15(18)14(16)9-13-7-5-4-6-8-13/h4-8,12,14-15,18H,9-11,16H2,1-3H3. The maximum Gasteiger partial charge on any atom is 0.0820 e. The summed E-state index contributed by atoms with van der Waals surface area (Å²) >= 11 is 0. The summed E-state index contributed by atoms with van der Waals surface area (Å²) in [5.41, 5.74) is 7.23. The lowest BCUT2D eigenvalue weighted by Gasteiger charge is -2.25. The number of hydrogen-bond acceptors (Lipinski definition) is 3. The zero-order valence-electron chi connectivity index (χ0n) is 11.7. The Morgan fingerprint density at radius 3 is 2.33 bits per heavy atom. The van der Waals surface area contributed by atoms with Crippen molar-refractivity contribution in [1.29, 1.82) is 0 Å². The highest BCUT2D eigenvalue weighted by atomic mass is 16.3. The van der Waals surface area contributed by atoms with Gasteiger partial charge in [0.1, 0.15) is 0 Å². The van der Waals surface area contributed by atoms with Crippen LogP contribution in [0.1, 0.15) is 19.4 Å². The Labute approximate surface area is 111 Å². The van der Waals surface area contributed by atoms with Crippen molar-refractivity contribution in [2.45, 2.75) is 32.4 Å². The summed E-state index contributed by atoms with van der Waals surface area (Å²) in [6, 6.07) is 9.87. The molecule has 18 heavy (non-hydrogen) atoms. The molecule has 0 aliphatic carbocycles. The van der Waals surface area contributed by atoms with E-state index in [0.717, 1.165) is 13.0 Å². The molecule has 0 radical (unpaired) electrons. The van der Waals surface area contributed by atoms with Crippen LogP contribution in [0.3, 0.4) is 0 Å². The van der Waals surface area contributed by atoms with Crippen molar-refractivity contribution < 1.29 is 5.11 Å². The van der Waals surface area contributed by atoms with E-state index in [2.05, 4.69) is 18.7 Å². The molecule has 0 saturated carbocycles. The summed E-state index contributed by atoms with van der Waals surface area (Å²) in [6.07, 6.45) is 0.242. The Balaban J connectivity index is 2.39. The topological polar surface area (TPSA) is 49.5 Å². The highest BCUT2D eigenvalue weighted by molar-refractivity contribution is 5.16. The molecule has 3 nitrogen and oxygen atoms in total. The highest BCUT2D eigenvalue weighted by Crippen LogP contribution is 2.06. The number of rotatable bonds is 7. The van der Waals surface area contributed by atoms with E-state index in [9.17, 15) is 5.11 Å². The monoisotopic (exact) mass is 250 g/mol. The number of likely N-dealkylation sites (N-methyl/N-ethyl adjacent to an activating group) is 1. The van der Waals surface area contributed by atoms with Crippen LogP contribution < -0.4 is 5.73 Å². The van der Waals surface area contributed by atoms with Crippen molar-refractivity contribution in [2.24, 2.45) is 11.7 Å². The molecule has 0 bridgehead atoms. The average Bonchev–Trinajstić information content (AvgIpc) is 2.28. The molecule has 1 rings (SSSR count). The molecular weight excluding hydrogens is 224 g/mol. The Morgan fingerprint density at radius 1 is 1.17 bits per heavy atom. The Bertz CT molecular complexity index is 327. The van der Waals surface area contributed by atoms with Gasteiger partial charge in [0.25, 0.3) is 0 Å². The smallest absolute Gasteiger partial charge is 0.0820 e. The van der Waals surface area contributed by atoms with Crippen LogP contribution in [0, 0.1) is 5.92 Å². The van der Waals surface area contributed by atoms with Gasteiger partial charge in [-0.2, -0.15) is 0 Å². The first-order valence-electron chi connectivity index (χ1n) is 6.65. The van der Waals surface area contributed by atoms with Gasteiger partial charge < -0.3 is 15.7 Å². The molecule has 0 aliphatic heterocycles. The quantitative estimate of drug-likeness (QED) is 0.771. The van der Waals surface area contributed by atoms with Gasteiger partial charge in [-0.15, -0.1) is 0 Å². The van der Waals surface area contributed by atoms with Crippen LogP contribution in [0.2, 0.25) is 0 Å². The molecule has 2 atom stereocenters. The first kappa shape index (κ1) is 15.2. The summed E-state index contributed by atoms with van der Waals surface area (Å²) in [6.45, 7) is 5.96. The predicted molar refractivity (Wildman–Crippen MR) is 76.5 cm³/mol. The molecule has 102 valence electrons. The van der Waals surface area contributed by atoms with E-state index in [1.54, 1.807) is 0 Å².